The van der Waals surface area contributed by atoms with Crippen molar-refractivity contribution in [3.8, 4) is 5.75 Å². The number of carbonyl (C=O) groups is 2. The van der Waals surface area contributed by atoms with Crippen LogP contribution in [-0.2, 0) is 26.2 Å². The van der Waals surface area contributed by atoms with E-state index in [0.717, 1.165) is 22.5 Å². The van der Waals surface area contributed by atoms with Crippen LogP contribution in [0.1, 0.15) is 39.7 Å². The molecule has 2 atom stereocenters. The standard InChI is InChI=1S/C25H35N3O5S/c1-6-19(3)26-25(30)20(4)27(17-21-13-9-8-10-14-21)24(29)18-28(34(5,31)32)22-15-11-12-16-23(22)33-7-2/h8-16,19-20H,6-7,17-18H2,1-5H3,(H,26,30). The van der Waals surface area contributed by atoms with Crippen molar-refractivity contribution in [1.29, 1.82) is 0 Å². The maximum absolute atomic E-state index is 13.5. The highest BCUT2D eigenvalue weighted by atomic mass is 32.2. The van der Waals surface area contributed by atoms with Crippen molar-refractivity contribution in [3.05, 3.63) is 60.2 Å². The van der Waals surface area contributed by atoms with Crippen molar-refractivity contribution >= 4 is 27.5 Å². The SMILES string of the molecule is CCOc1ccccc1N(CC(=O)N(Cc1ccccc1)C(C)C(=O)NC(C)CC)S(C)(=O)=O. The van der Waals surface area contributed by atoms with Crippen molar-refractivity contribution in [2.24, 2.45) is 0 Å². The summed E-state index contributed by atoms with van der Waals surface area (Å²) in [5.41, 5.74) is 1.11. The normalized spacial score (nSPS) is 13.0. The molecule has 0 aliphatic rings. The Hall–Kier alpha value is -3.07. The van der Waals surface area contributed by atoms with Gasteiger partial charge in [-0.1, -0.05) is 49.4 Å². The molecule has 0 radical (unpaired) electrons. The number of para-hydroxylation sites is 2. The Morgan fingerprint density at radius 1 is 1.00 bits per heavy atom. The van der Waals surface area contributed by atoms with Gasteiger partial charge in [-0.25, -0.2) is 8.42 Å². The van der Waals surface area contributed by atoms with Gasteiger partial charge in [0.25, 0.3) is 0 Å². The molecule has 2 unspecified atom stereocenters. The molecule has 0 aromatic heterocycles. The third kappa shape index (κ3) is 7.48. The summed E-state index contributed by atoms with van der Waals surface area (Å²) in [6.45, 7) is 7.35. The lowest BCUT2D eigenvalue weighted by atomic mass is 10.1. The Balaban J connectivity index is 2.40. The van der Waals surface area contributed by atoms with Crippen LogP contribution in [0.2, 0.25) is 0 Å². The second-order valence-electron chi connectivity index (χ2n) is 8.17. The minimum atomic E-state index is -3.82. The number of ether oxygens (including phenoxy) is 1. The lowest BCUT2D eigenvalue weighted by Gasteiger charge is -2.32. The van der Waals surface area contributed by atoms with Gasteiger partial charge >= 0.3 is 0 Å². The van der Waals surface area contributed by atoms with Gasteiger partial charge in [-0.15, -0.1) is 0 Å². The molecule has 34 heavy (non-hydrogen) atoms. The molecule has 0 aliphatic heterocycles. The number of hydrogen-bond acceptors (Lipinski definition) is 5. The highest BCUT2D eigenvalue weighted by Crippen LogP contribution is 2.30. The summed E-state index contributed by atoms with van der Waals surface area (Å²) in [7, 11) is -3.82. The van der Waals surface area contributed by atoms with Gasteiger partial charge in [-0.3, -0.25) is 13.9 Å². The first-order chi connectivity index (χ1) is 16.1. The van der Waals surface area contributed by atoms with Gasteiger partial charge in [0.05, 0.1) is 18.6 Å². The highest BCUT2D eigenvalue weighted by Gasteiger charge is 2.31. The van der Waals surface area contributed by atoms with Gasteiger partial charge in [-0.05, 0) is 44.9 Å². The molecule has 0 fully saturated rings. The second kappa shape index (κ2) is 12.4. The summed E-state index contributed by atoms with van der Waals surface area (Å²) in [6, 6.07) is 15.1. The van der Waals surface area contributed by atoms with Gasteiger partial charge in [-0.2, -0.15) is 0 Å². The van der Waals surface area contributed by atoms with E-state index >= 15 is 0 Å². The van der Waals surface area contributed by atoms with Crippen LogP contribution >= 0.6 is 0 Å². The first kappa shape index (κ1) is 27.2. The van der Waals surface area contributed by atoms with Crippen LogP contribution in [0, 0.1) is 0 Å². The van der Waals surface area contributed by atoms with Crippen LogP contribution in [-0.4, -0.2) is 56.6 Å². The van der Waals surface area contributed by atoms with Crippen molar-refractivity contribution in [3.63, 3.8) is 0 Å². The molecule has 2 aromatic rings. The molecule has 0 saturated carbocycles. The number of rotatable bonds is 12. The number of anilines is 1. The molecule has 0 heterocycles. The molecule has 2 amide bonds. The molecule has 0 aliphatic carbocycles. The van der Waals surface area contributed by atoms with E-state index in [1.54, 1.807) is 38.1 Å². The number of benzene rings is 2. The quantitative estimate of drug-likeness (QED) is 0.494. The Bertz CT molecular complexity index is 1060. The van der Waals surface area contributed by atoms with Gasteiger partial charge in [0, 0.05) is 12.6 Å². The lowest BCUT2D eigenvalue weighted by molar-refractivity contribution is -0.139. The minimum Gasteiger partial charge on any atom is -0.492 e. The van der Waals surface area contributed by atoms with Crippen LogP contribution < -0.4 is 14.4 Å². The molecule has 0 bridgehead atoms. The van der Waals surface area contributed by atoms with Gasteiger partial charge < -0.3 is 15.0 Å². The highest BCUT2D eigenvalue weighted by molar-refractivity contribution is 7.92. The number of amides is 2. The Morgan fingerprint density at radius 3 is 2.21 bits per heavy atom. The predicted molar refractivity (Wildman–Crippen MR) is 134 cm³/mol. The summed E-state index contributed by atoms with van der Waals surface area (Å²) in [4.78, 5) is 27.8. The van der Waals surface area contributed by atoms with Crippen LogP contribution in [0.5, 0.6) is 5.75 Å². The number of nitrogens with one attached hydrogen (secondary N) is 1. The number of carbonyl (C=O) groups excluding carboxylic acids is 2. The second-order valence-corrected chi connectivity index (χ2v) is 10.1. The van der Waals surface area contributed by atoms with Crippen molar-refractivity contribution in [1.82, 2.24) is 10.2 Å². The van der Waals surface area contributed by atoms with Gasteiger partial charge in [0.1, 0.15) is 18.3 Å². The molecule has 186 valence electrons. The predicted octanol–water partition coefficient (Wildman–Crippen LogP) is 3.18. The Morgan fingerprint density at radius 2 is 1.62 bits per heavy atom. The molecule has 1 N–H and O–H groups in total. The van der Waals surface area contributed by atoms with E-state index in [0.29, 0.717) is 12.4 Å². The summed E-state index contributed by atoms with van der Waals surface area (Å²) in [5.74, 6) is -0.424. The largest absolute Gasteiger partial charge is 0.492 e. The van der Waals surface area contributed by atoms with E-state index in [-0.39, 0.29) is 24.2 Å². The monoisotopic (exact) mass is 489 g/mol. The zero-order chi connectivity index (χ0) is 25.3. The molecule has 2 rings (SSSR count). The molecule has 9 heteroatoms. The zero-order valence-electron chi connectivity index (χ0n) is 20.5. The summed E-state index contributed by atoms with van der Waals surface area (Å²) in [5, 5.41) is 2.91. The van der Waals surface area contributed by atoms with E-state index in [1.165, 1.54) is 4.90 Å². The molecular weight excluding hydrogens is 454 g/mol. The van der Waals surface area contributed by atoms with E-state index < -0.39 is 28.5 Å². The van der Waals surface area contributed by atoms with Crippen molar-refractivity contribution < 1.29 is 22.7 Å². The van der Waals surface area contributed by atoms with Gasteiger partial charge in [0.15, 0.2) is 0 Å². The lowest BCUT2D eigenvalue weighted by Crippen LogP contribution is -2.52. The maximum Gasteiger partial charge on any atom is 0.244 e. The van der Waals surface area contributed by atoms with Crippen LogP contribution in [0.15, 0.2) is 54.6 Å². The van der Waals surface area contributed by atoms with E-state index in [9.17, 15) is 18.0 Å². The van der Waals surface area contributed by atoms with E-state index in [1.807, 2.05) is 44.2 Å². The number of sulfonamides is 1. The Labute approximate surface area is 202 Å². The fraction of sp³-hybridized carbons (Fsp3) is 0.440. The molecule has 0 spiro atoms. The average molecular weight is 490 g/mol. The molecule has 8 nitrogen and oxygen atoms in total. The van der Waals surface area contributed by atoms with Crippen LogP contribution in [0.3, 0.4) is 0 Å². The number of nitrogens with zero attached hydrogens (tertiary/aromatic N) is 2. The average Bonchev–Trinajstić information content (AvgIpc) is 2.81. The van der Waals surface area contributed by atoms with E-state index in [2.05, 4.69) is 5.32 Å². The third-order valence-corrected chi connectivity index (χ3v) is 6.60. The fourth-order valence-corrected chi connectivity index (χ4v) is 4.22. The van der Waals surface area contributed by atoms with Crippen LogP contribution in [0.4, 0.5) is 5.69 Å². The van der Waals surface area contributed by atoms with Crippen molar-refractivity contribution in [2.45, 2.75) is 52.7 Å². The number of hydrogen-bond donors (Lipinski definition) is 1. The summed E-state index contributed by atoms with van der Waals surface area (Å²) in [6.07, 6.45) is 1.80. The Kier molecular flexibility index (Phi) is 9.92. The van der Waals surface area contributed by atoms with E-state index in [4.69, 9.17) is 4.74 Å². The maximum atomic E-state index is 13.5. The van der Waals surface area contributed by atoms with Gasteiger partial charge in [0.2, 0.25) is 21.8 Å². The first-order valence-corrected chi connectivity index (χ1v) is 13.3. The summed E-state index contributed by atoms with van der Waals surface area (Å²) < 4.78 is 32.0. The molecule has 0 saturated heterocycles. The summed E-state index contributed by atoms with van der Waals surface area (Å²) >= 11 is 0. The minimum absolute atomic E-state index is 0.0470. The first-order valence-electron chi connectivity index (χ1n) is 11.4. The fourth-order valence-electron chi connectivity index (χ4n) is 3.36. The topological polar surface area (TPSA) is 96.0 Å². The zero-order valence-corrected chi connectivity index (χ0v) is 21.3. The molecular formula is C25H35N3O5S. The third-order valence-electron chi connectivity index (χ3n) is 5.48. The van der Waals surface area contributed by atoms with Crippen LogP contribution in [0.25, 0.3) is 0 Å². The van der Waals surface area contributed by atoms with Crippen molar-refractivity contribution in [2.75, 3.05) is 23.7 Å². The smallest absolute Gasteiger partial charge is 0.244 e. The molecule has 2 aromatic carbocycles.